The van der Waals surface area contributed by atoms with Crippen molar-refractivity contribution in [3.8, 4) is 5.88 Å². The molecule has 6 heteroatoms. The van der Waals surface area contributed by atoms with Gasteiger partial charge in [-0.25, -0.2) is 0 Å². The van der Waals surface area contributed by atoms with Crippen LogP contribution in [0.2, 0.25) is 0 Å². The van der Waals surface area contributed by atoms with Crippen LogP contribution in [-0.4, -0.2) is 47.2 Å². The van der Waals surface area contributed by atoms with E-state index >= 15 is 0 Å². The smallest absolute Gasteiger partial charge is 0.234 e. The van der Waals surface area contributed by atoms with E-state index in [9.17, 15) is 0 Å². The van der Waals surface area contributed by atoms with Crippen molar-refractivity contribution >= 4 is 21.7 Å². The van der Waals surface area contributed by atoms with Gasteiger partial charge in [0.15, 0.2) is 5.82 Å². The third-order valence-electron chi connectivity index (χ3n) is 3.15. The molecule has 0 amide bonds. The lowest BCUT2D eigenvalue weighted by Gasteiger charge is -2.32. The molecule has 112 valence electrons. The van der Waals surface area contributed by atoms with Crippen LogP contribution in [0.25, 0.3) is 0 Å². The number of alkyl halides is 1. The highest BCUT2D eigenvalue weighted by Gasteiger charge is 2.21. The van der Waals surface area contributed by atoms with Crippen LogP contribution in [0.1, 0.15) is 26.7 Å². The predicted molar refractivity (Wildman–Crippen MR) is 82.8 cm³/mol. The van der Waals surface area contributed by atoms with Gasteiger partial charge in [0.2, 0.25) is 5.88 Å². The lowest BCUT2D eigenvalue weighted by molar-refractivity contribution is 0.0480. The van der Waals surface area contributed by atoms with Gasteiger partial charge in [0.05, 0.1) is 31.2 Å². The van der Waals surface area contributed by atoms with Crippen LogP contribution in [-0.2, 0) is 4.74 Å². The summed E-state index contributed by atoms with van der Waals surface area (Å²) in [5, 5.41) is 0.896. The van der Waals surface area contributed by atoms with Gasteiger partial charge in [-0.2, -0.15) is 4.98 Å². The van der Waals surface area contributed by atoms with Gasteiger partial charge in [-0.15, -0.1) is 0 Å². The number of anilines is 1. The molecule has 2 rings (SSSR count). The van der Waals surface area contributed by atoms with E-state index in [2.05, 4.69) is 30.8 Å². The standard InChI is InChI=1S/C14H22BrN3O2/c1-11(2)20-14-10-16-9-13(17-14)18-6-3-12(4-7-18)19-8-5-15/h9-12H,3-8H2,1-2H3. The number of piperidine rings is 1. The zero-order valence-electron chi connectivity index (χ0n) is 12.1. The highest BCUT2D eigenvalue weighted by atomic mass is 79.9. The first-order valence-corrected chi connectivity index (χ1v) is 8.22. The average Bonchev–Trinajstić information content (AvgIpc) is 2.45. The molecule has 0 aliphatic carbocycles. The summed E-state index contributed by atoms with van der Waals surface area (Å²) in [5.41, 5.74) is 0. The molecule has 0 atom stereocenters. The summed E-state index contributed by atoms with van der Waals surface area (Å²) in [6, 6.07) is 0. The van der Waals surface area contributed by atoms with Crippen molar-refractivity contribution in [2.75, 3.05) is 29.9 Å². The molecule has 1 fully saturated rings. The maximum atomic E-state index is 5.76. The average molecular weight is 344 g/mol. The molecule has 20 heavy (non-hydrogen) atoms. The first-order valence-electron chi connectivity index (χ1n) is 7.10. The van der Waals surface area contributed by atoms with E-state index in [-0.39, 0.29) is 6.10 Å². The van der Waals surface area contributed by atoms with Gasteiger partial charge in [-0.1, -0.05) is 15.9 Å². The molecule has 0 N–H and O–H groups in total. The van der Waals surface area contributed by atoms with Gasteiger partial charge in [0, 0.05) is 18.4 Å². The molecule has 1 aromatic rings. The zero-order chi connectivity index (χ0) is 14.4. The number of aromatic nitrogens is 2. The topological polar surface area (TPSA) is 47.5 Å². The number of nitrogens with zero attached hydrogens (tertiary/aromatic N) is 3. The van der Waals surface area contributed by atoms with Crippen LogP contribution in [0, 0.1) is 0 Å². The maximum absolute atomic E-state index is 5.76. The fraction of sp³-hybridized carbons (Fsp3) is 0.714. The fourth-order valence-electron chi connectivity index (χ4n) is 2.25. The monoisotopic (exact) mass is 343 g/mol. The van der Waals surface area contributed by atoms with Gasteiger partial charge in [0.1, 0.15) is 0 Å². The van der Waals surface area contributed by atoms with Crippen molar-refractivity contribution < 1.29 is 9.47 Å². The third-order valence-corrected chi connectivity index (χ3v) is 3.48. The number of hydrogen-bond donors (Lipinski definition) is 0. The molecule has 1 aromatic heterocycles. The number of hydrogen-bond acceptors (Lipinski definition) is 5. The number of rotatable bonds is 6. The minimum atomic E-state index is 0.114. The Hall–Kier alpha value is -0.880. The van der Waals surface area contributed by atoms with E-state index in [1.165, 1.54) is 0 Å². The van der Waals surface area contributed by atoms with Crippen LogP contribution in [0.5, 0.6) is 5.88 Å². The summed E-state index contributed by atoms with van der Waals surface area (Å²) in [7, 11) is 0. The Morgan fingerprint density at radius 2 is 2.10 bits per heavy atom. The highest BCUT2D eigenvalue weighted by Crippen LogP contribution is 2.21. The minimum Gasteiger partial charge on any atom is -0.474 e. The van der Waals surface area contributed by atoms with Gasteiger partial charge < -0.3 is 14.4 Å². The maximum Gasteiger partial charge on any atom is 0.234 e. The van der Waals surface area contributed by atoms with E-state index in [0.29, 0.717) is 12.0 Å². The van der Waals surface area contributed by atoms with E-state index < -0.39 is 0 Å². The Morgan fingerprint density at radius 3 is 2.75 bits per heavy atom. The van der Waals surface area contributed by atoms with Crippen molar-refractivity contribution in [2.45, 2.75) is 38.9 Å². The largest absolute Gasteiger partial charge is 0.474 e. The second-order valence-electron chi connectivity index (χ2n) is 5.13. The van der Waals surface area contributed by atoms with Gasteiger partial charge in [-0.3, -0.25) is 4.98 Å². The van der Waals surface area contributed by atoms with Gasteiger partial charge in [-0.05, 0) is 26.7 Å². The Bertz CT molecular complexity index is 409. The normalized spacial score (nSPS) is 16.7. The first-order chi connectivity index (χ1) is 9.69. The second-order valence-corrected chi connectivity index (χ2v) is 5.92. The number of halogens is 1. The second kappa shape index (κ2) is 7.78. The molecule has 0 radical (unpaired) electrons. The Kier molecular flexibility index (Phi) is 6.04. The Morgan fingerprint density at radius 1 is 1.35 bits per heavy atom. The lowest BCUT2D eigenvalue weighted by atomic mass is 10.1. The fourth-order valence-corrected chi connectivity index (χ4v) is 2.44. The third kappa shape index (κ3) is 4.59. The van der Waals surface area contributed by atoms with Crippen molar-refractivity contribution in [3.63, 3.8) is 0 Å². The van der Waals surface area contributed by atoms with Crippen molar-refractivity contribution in [3.05, 3.63) is 12.4 Å². The molecule has 2 heterocycles. The molecule has 1 saturated heterocycles. The van der Waals surface area contributed by atoms with E-state index in [0.717, 1.165) is 43.7 Å². The lowest BCUT2D eigenvalue weighted by Crippen LogP contribution is -2.37. The van der Waals surface area contributed by atoms with E-state index in [4.69, 9.17) is 9.47 Å². The SMILES string of the molecule is CC(C)Oc1cncc(N2CCC(OCCBr)CC2)n1. The Labute approximate surface area is 128 Å². The molecule has 1 aliphatic rings. The molecular weight excluding hydrogens is 322 g/mol. The zero-order valence-corrected chi connectivity index (χ0v) is 13.7. The molecule has 1 aliphatic heterocycles. The molecule has 5 nitrogen and oxygen atoms in total. The molecule has 0 saturated carbocycles. The van der Waals surface area contributed by atoms with Crippen LogP contribution in [0.3, 0.4) is 0 Å². The Balaban J connectivity index is 1.89. The van der Waals surface area contributed by atoms with Crippen LogP contribution in [0.4, 0.5) is 5.82 Å². The first kappa shape index (κ1) is 15.5. The van der Waals surface area contributed by atoms with E-state index in [1.54, 1.807) is 12.4 Å². The van der Waals surface area contributed by atoms with Gasteiger partial charge in [0.25, 0.3) is 0 Å². The predicted octanol–water partition coefficient (Wildman–Crippen LogP) is 2.64. The summed E-state index contributed by atoms with van der Waals surface area (Å²) in [6.45, 7) is 6.66. The summed E-state index contributed by atoms with van der Waals surface area (Å²) in [5.74, 6) is 1.48. The highest BCUT2D eigenvalue weighted by molar-refractivity contribution is 9.09. The summed E-state index contributed by atoms with van der Waals surface area (Å²) in [6.07, 6.45) is 6.01. The van der Waals surface area contributed by atoms with Crippen LogP contribution < -0.4 is 9.64 Å². The summed E-state index contributed by atoms with van der Waals surface area (Å²) < 4.78 is 11.3. The molecule has 0 bridgehead atoms. The summed E-state index contributed by atoms with van der Waals surface area (Å²) >= 11 is 3.38. The van der Waals surface area contributed by atoms with Crippen LogP contribution in [0.15, 0.2) is 12.4 Å². The quantitative estimate of drug-likeness (QED) is 0.743. The van der Waals surface area contributed by atoms with Gasteiger partial charge >= 0.3 is 0 Å². The van der Waals surface area contributed by atoms with Crippen molar-refractivity contribution in [1.29, 1.82) is 0 Å². The van der Waals surface area contributed by atoms with Crippen molar-refractivity contribution in [1.82, 2.24) is 9.97 Å². The van der Waals surface area contributed by atoms with E-state index in [1.807, 2.05) is 13.8 Å². The summed E-state index contributed by atoms with van der Waals surface area (Å²) in [4.78, 5) is 11.0. The number of ether oxygens (including phenoxy) is 2. The molecule has 0 unspecified atom stereocenters. The molecule has 0 spiro atoms. The minimum absolute atomic E-state index is 0.114. The molecular formula is C14H22BrN3O2. The van der Waals surface area contributed by atoms with Crippen LogP contribution >= 0.6 is 15.9 Å². The molecule has 0 aromatic carbocycles. The van der Waals surface area contributed by atoms with Crippen molar-refractivity contribution in [2.24, 2.45) is 0 Å².